The third kappa shape index (κ3) is 2.89. The van der Waals surface area contributed by atoms with E-state index < -0.39 is 6.03 Å². The maximum Gasteiger partial charge on any atom is 0.321 e. The molecule has 0 radical (unpaired) electrons. The Labute approximate surface area is 129 Å². The number of halogens is 1. The lowest BCUT2D eigenvalue weighted by Gasteiger charge is -2.22. The van der Waals surface area contributed by atoms with E-state index in [4.69, 9.17) is 12.2 Å². The van der Waals surface area contributed by atoms with Crippen LogP contribution in [0.2, 0.25) is 0 Å². The molecule has 114 valence electrons. The Kier molecular flexibility index (Phi) is 3.72. The summed E-state index contributed by atoms with van der Waals surface area (Å²) in [5.74, 6) is -0.135. The zero-order chi connectivity index (χ0) is 15.7. The maximum absolute atomic E-state index is 13.0. The second-order valence-electron chi connectivity index (χ2n) is 4.88. The number of amides is 3. The topological polar surface area (TPSA) is 91.8 Å². The molecule has 0 bridgehead atoms. The molecule has 1 aromatic heterocycles. The summed E-state index contributed by atoms with van der Waals surface area (Å²) in [6, 6.07) is 4.91. The molecule has 1 unspecified atom stereocenters. The first kappa shape index (κ1) is 14.4. The lowest BCUT2D eigenvalue weighted by molar-refractivity contribution is -0.121. The van der Waals surface area contributed by atoms with Crippen LogP contribution in [0.1, 0.15) is 12.2 Å². The fourth-order valence-corrected chi connectivity index (χ4v) is 2.60. The molecule has 2 heterocycles. The van der Waals surface area contributed by atoms with Crippen molar-refractivity contribution in [2.24, 2.45) is 0 Å². The number of urea groups is 1. The van der Waals surface area contributed by atoms with Crippen molar-refractivity contribution in [3.8, 4) is 5.69 Å². The molecular weight excluding hydrogens is 309 g/mol. The van der Waals surface area contributed by atoms with Gasteiger partial charge in [0, 0.05) is 24.6 Å². The van der Waals surface area contributed by atoms with E-state index in [-0.39, 0.29) is 24.2 Å². The molecule has 22 heavy (non-hydrogen) atoms. The van der Waals surface area contributed by atoms with Gasteiger partial charge in [0.2, 0.25) is 5.91 Å². The van der Waals surface area contributed by atoms with Crippen LogP contribution >= 0.6 is 12.2 Å². The number of hydrogen-bond acceptors (Lipinski definition) is 4. The van der Waals surface area contributed by atoms with E-state index in [0.29, 0.717) is 22.7 Å². The van der Waals surface area contributed by atoms with Gasteiger partial charge in [0.25, 0.3) is 0 Å². The van der Waals surface area contributed by atoms with E-state index in [0.717, 1.165) is 0 Å². The molecule has 1 atom stereocenters. The van der Waals surface area contributed by atoms with Crippen LogP contribution in [0.25, 0.3) is 5.69 Å². The molecule has 0 saturated carbocycles. The zero-order valence-electron chi connectivity index (χ0n) is 11.3. The van der Waals surface area contributed by atoms with Crippen LogP contribution in [0.15, 0.2) is 24.3 Å². The predicted octanol–water partition coefficient (Wildman–Crippen LogP) is 1.21. The molecular formula is C13H12FN5O2S. The highest BCUT2D eigenvalue weighted by atomic mass is 32.1. The summed E-state index contributed by atoms with van der Waals surface area (Å²) in [7, 11) is 0. The molecule has 3 N–H and O–H groups in total. The average molecular weight is 321 g/mol. The van der Waals surface area contributed by atoms with Crippen molar-refractivity contribution < 1.29 is 14.0 Å². The van der Waals surface area contributed by atoms with Gasteiger partial charge in [-0.15, -0.1) is 0 Å². The minimum atomic E-state index is -0.524. The lowest BCUT2D eigenvalue weighted by Crippen LogP contribution is -2.53. The molecule has 1 aliphatic heterocycles. The van der Waals surface area contributed by atoms with Gasteiger partial charge >= 0.3 is 6.03 Å². The average Bonchev–Trinajstić information content (AvgIpc) is 2.80. The maximum atomic E-state index is 13.0. The van der Waals surface area contributed by atoms with Crippen LogP contribution < -0.4 is 10.6 Å². The van der Waals surface area contributed by atoms with Gasteiger partial charge in [-0.05, 0) is 36.5 Å². The number of carbonyl (C=O) groups is 2. The van der Waals surface area contributed by atoms with Crippen LogP contribution in [0, 0.1) is 10.6 Å². The number of nitrogens with zero attached hydrogens (tertiary/aromatic N) is 2. The number of imide groups is 1. The number of carbonyl (C=O) groups excluding carboxylic acids is 2. The van der Waals surface area contributed by atoms with Crippen molar-refractivity contribution in [3.63, 3.8) is 0 Å². The lowest BCUT2D eigenvalue weighted by atomic mass is 10.1. The van der Waals surface area contributed by atoms with Crippen molar-refractivity contribution in [2.45, 2.75) is 18.9 Å². The SMILES string of the molecule is O=C1CC(Cc2n[nH]c(=S)n2-c2ccc(F)cc2)NC(=O)N1. The Hall–Kier alpha value is -2.55. The quantitative estimate of drug-likeness (QED) is 0.741. The van der Waals surface area contributed by atoms with Crippen molar-refractivity contribution in [2.75, 3.05) is 0 Å². The van der Waals surface area contributed by atoms with Crippen LogP contribution in [0.3, 0.4) is 0 Å². The van der Waals surface area contributed by atoms with Crippen molar-refractivity contribution in [1.29, 1.82) is 0 Å². The van der Waals surface area contributed by atoms with E-state index >= 15 is 0 Å². The molecule has 0 aliphatic carbocycles. The largest absolute Gasteiger partial charge is 0.334 e. The van der Waals surface area contributed by atoms with Gasteiger partial charge in [-0.2, -0.15) is 5.10 Å². The minimum absolute atomic E-state index is 0.161. The van der Waals surface area contributed by atoms with E-state index in [1.54, 1.807) is 16.7 Å². The fraction of sp³-hybridized carbons (Fsp3) is 0.231. The van der Waals surface area contributed by atoms with Crippen LogP contribution in [0.4, 0.5) is 9.18 Å². The van der Waals surface area contributed by atoms with Crippen molar-refractivity contribution in [1.82, 2.24) is 25.4 Å². The van der Waals surface area contributed by atoms with E-state index in [9.17, 15) is 14.0 Å². The summed E-state index contributed by atoms with van der Waals surface area (Å²) >= 11 is 5.19. The van der Waals surface area contributed by atoms with Gasteiger partial charge in [0.1, 0.15) is 11.6 Å². The van der Waals surface area contributed by atoms with Gasteiger partial charge in [-0.3, -0.25) is 19.8 Å². The van der Waals surface area contributed by atoms with E-state index in [1.807, 2.05) is 0 Å². The summed E-state index contributed by atoms with van der Waals surface area (Å²) in [5, 5.41) is 11.6. The summed E-state index contributed by atoms with van der Waals surface area (Å²) in [6.07, 6.45) is 0.485. The second-order valence-corrected chi connectivity index (χ2v) is 5.27. The third-order valence-electron chi connectivity index (χ3n) is 3.28. The third-order valence-corrected chi connectivity index (χ3v) is 3.55. The minimum Gasteiger partial charge on any atom is -0.334 e. The molecule has 7 nitrogen and oxygen atoms in total. The van der Waals surface area contributed by atoms with Crippen LogP contribution in [0.5, 0.6) is 0 Å². The first-order chi connectivity index (χ1) is 10.5. The number of benzene rings is 1. The first-order valence-electron chi connectivity index (χ1n) is 6.55. The molecule has 3 rings (SSSR count). The number of nitrogens with one attached hydrogen (secondary N) is 3. The number of hydrogen-bond donors (Lipinski definition) is 3. The summed E-state index contributed by atoms with van der Waals surface area (Å²) in [6.45, 7) is 0. The van der Waals surface area contributed by atoms with Gasteiger partial charge in [-0.25, -0.2) is 9.18 Å². The van der Waals surface area contributed by atoms with Crippen LogP contribution in [-0.2, 0) is 11.2 Å². The zero-order valence-corrected chi connectivity index (χ0v) is 12.1. The van der Waals surface area contributed by atoms with E-state index in [1.165, 1.54) is 12.1 Å². The molecule has 9 heteroatoms. The van der Waals surface area contributed by atoms with Gasteiger partial charge in [-0.1, -0.05) is 0 Å². The normalized spacial score (nSPS) is 18.0. The Morgan fingerprint density at radius 2 is 2.05 bits per heavy atom. The highest BCUT2D eigenvalue weighted by molar-refractivity contribution is 7.71. The van der Waals surface area contributed by atoms with E-state index in [2.05, 4.69) is 20.8 Å². The first-order valence-corrected chi connectivity index (χ1v) is 6.96. The van der Waals surface area contributed by atoms with Crippen molar-refractivity contribution >= 4 is 24.2 Å². The number of aromatic amines is 1. The van der Waals surface area contributed by atoms with Gasteiger partial charge in [0.05, 0.1) is 0 Å². The molecule has 1 aromatic carbocycles. The summed E-state index contributed by atoms with van der Waals surface area (Å²) in [5.41, 5.74) is 0.654. The highest BCUT2D eigenvalue weighted by Crippen LogP contribution is 2.14. The molecule has 1 fully saturated rings. The van der Waals surface area contributed by atoms with Crippen LogP contribution in [-0.4, -0.2) is 32.7 Å². The fourth-order valence-electron chi connectivity index (χ4n) is 2.34. The molecule has 2 aromatic rings. The molecule has 3 amide bonds. The molecule has 1 aliphatic rings. The number of aromatic nitrogens is 3. The number of H-pyrrole nitrogens is 1. The molecule has 1 saturated heterocycles. The highest BCUT2D eigenvalue weighted by Gasteiger charge is 2.25. The Morgan fingerprint density at radius 3 is 2.73 bits per heavy atom. The number of rotatable bonds is 3. The van der Waals surface area contributed by atoms with Gasteiger partial charge in [0.15, 0.2) is 4.77 Å². The second kappa shape index (κ2) is 5.68. The Balaban J connectivity index is 1.89. The summed E-state index contributed by atoms with van der Waals surface area (Å²) in [4.78, 5) is 22.7. The monoisotopic (exact) mass is 321 g/mol. The van der Waals surface area contributed by atoms with Gasteiger partial charge < -0.3 is 5.32 Å². The predicted molar refractivity (Wildman–Crippen MR) is 77.5 cm³/mol. The standard InChI is InChI=1S/C13H12FN5O2S/c14-7-1-3-9(4-2-7)19-10(17-18-13(19)22)5-8-6-11(20)16-12(21)15-8/h1-4,8H,5-6H2,(H,18,22)(H2,15,16,20,21). The Morgan fingerprint density at radius 1 is 1.32 bits per heavy atom. The molecule has 0 spiro atoms. The Bertz CT molecular complexity index is 766. The smallest absolute Gasteiger partial charge is 0.321 e. The summed E-state index contributed by atoms with van der Waals surface area (Å²) < 4.78 is 15.0. The van der Waals surface area contributed by atoms with Crippen molar-refractivity contribution in [3.05, 3.63) is 40.7 Å².